The van der Waals surface area contributed by atoms with Crippen LogP contribution in [-0.4, -0.2) is 47.2 Å². The number of aryl methyl sites for hydroxylation is 1. The van der Waals surface area contributed by atoms with Gasteiger partial charge in [-0.1, -0.05) is 24.6 Å². The van der Waals surface area contributed by atoms with Crippen molar-refractivity contribution in [3.63, 3.8) is 0 Å². The zero-order valence-electron chi connectivity index (χ0n) is 21.5. The first kappa shape index (κ1) is 27.6. The van der Waals surface area contributed by atoms with E-state index in [4.69, 9.17) is 4.74 Å². The normalized spacial score (nSPS) is 15.1. The molecule has 3 aromatic carbocycles. The summed E-state index contributed by atoms with van der Waals surface area (Å²) in [5.74, 6) is 0.105. The smallest absolute Gasteiger partial charge is 0.261 e. The molecule has 0 saturated carbocycles. The number of ether oxygens (including phenoxy) is 1. The van der Waals surface area contributed by atoms with Gasteiger partial charge in [-0.25, -0.2) is 16.8 Å². The quantitative estimate of drug-likeness (QED) is 0.421. The van der Waals surface area contributed by atoms with E-state index in [1.807, 2.05) is 6.92 Å². The van der Waals surface area contributed by atoms with E-state index in [9.17, 15) is 21.6 Å². The summed E-state index contributed by atoms with van der Waals surface area (Å²) < 4.78 is 61.1. The second-order valence-electron chi connectivity index (χ2n) is 9.40. The molecule has 1 amide bonds. The summed E-state index contributed by atoms with van der Waals surface area (Å²) in [5, 5.41) is 2.69. The topological polar surface area (TPSA) is 122 Å². The molecule has 3 aromatic rings. The molecule has 11 heteroatoms. The van der Waals surface area contributed by atoms with Gasteiger partial charge < -0.3 is 10.1 Å². The van der Waals surface area contributed by atoms with Crippen molar-refractivity contribution in [1.29, 1.82) is 0 Å². The monoisotopic (exact) mass is 557 g/mol. The van der Waals surface area contributed by atoms with E-state index in [-0.39, 0.29) is 21.1 Å². The molecule has 0 spiro atoms. The Morgan fingerprint density at radius 3 is 2.05 bits per heavy atom. The van der Waals surface area contributed by atoms with Crippen molar-refractivity contribution in [2.75, 3.05) is 30.2 Å². The van der Waals surface area contributed by atoms with Crippen LogP contribution in [0, 0.1) is 12.8 Å². The Hall–Kier alpha value is -3.41. The first-order valence-electron chi connectivity index (χ1n) is 12.2. The Labute approximate surface area is 223 Å². The number of anilines is 2. The van der Waals surface area contributed by atoms with Gasteiger partial charge in [-0.3, -0.25) is 9.52 Å². The van der Waals surface area contributed by atoms with Gasteiger partial charge in [0.1, 0.15) is 5.75 Å². The number of nitrogens with one attached hydrogen (secondary N) is 2. The number of rotatable bonds is 8. The van der Waals surface area contributed by atoms with E-state index >= 15 is 0 Å². The predicted molar refractivity (Wildman–Crippen MR) is 147 cm³/mol. The molecule has 0 unspecified atom stereocenters. The van der Waals surface area contributed by atoms with Crippen LogP contribution < -0.4 is 14.8 Å². The van der Waals surface area contributed by atoms with Crippen LogP contribution >= 0.6 is 0 Å². The highest BCUT2D eigenvalue weighted by atomic mass is 32.2. The summed E-state index contributed by atoms with van der Waals surface area (Å²) in [6, 6.07) is 16.8. The lowest BCUT2D eigenvalue weighted by atomic mass is 10.0. The molecule has 0 atom stereocenters. The zero-order chi connectivity index (χ0) is 27.5. The number of hydrogen-bond acceptors (Lipinski definition) is 6. The molecule has 0 aromatic heterocycles. The van der Waals surface area contributed by atoms with Gasteiger partial charge in [-0.2, -0.15) is 4.31 Å². The van der Waals surface area contributed by atoms with Crippen LogP contribution in [0.4, 0.5) is 11.4 Å². The molecule has 1 aliphatic heterocycles. The number of hydrogen-bond donors (Lipinski definition) is 2. The number of methoxy groups -OCH3 is 1. The Balaban J connectivity index is 1.51. The maximum Gasteiger partial charge on any atom is 0.261 e. The van der Waals surface area contributed by atoms with Gasteiger partial charge in [0.25, 0.3) is 15.9 Å². The van der Waals surface area contributed by atoms with Gasteiger partial charge in [-0.05, 0) is 80.3 Å². The summed E-state index contributed by atoms with van der Waals surface area (Å²) in [6.07, 6.45) is 1.57. The molecular weight excluding hydrogens is 526 g/mol. The molecule has 202 valence electrons. The molecule has 1 heterocycles. The Kier molecular flexibility index (Phi) is 8.10. The molecule has 2 N–H and O–H groups in total. The van der Waals surface area contributed by atoms with Gasteiger partial charge in [0, 0.05) is 24.5 Å². The SMILES string of the molecule is COc1ccc(S(=O)(=O)N2CCC(C)CC2)cc1C(=O)Nc1ccc(S(=O)(=O)Nc2ccc(C)cc2)cc1. The standard InChI is InChI=1S/C27H31N3O6S2/c1-19-4-6-22(7-5-19)29-37(32,33)23-10-8-21(9-11-23)28-27(31)25-18-24(12-13-26(25)36-3)38(34,35)30-16-14-20(2)15-17-30/h4-13,18,20,29H,14-17H2,1-3H3,(H,28,31). The number of benzene rings is 3. The van der Waals surface area contributed by atoms with Crippen LogP contribution in [0.2, 0.25) is 0 Å². The number of sulfonamides is 2. The van der Waals surface area contributed by atoms with Crippen LogP contribution in [0.5, 0.6) is 5.75 Å². The van der Waals surface area contributed by atoms with Gasteiger partial charge in [0.2, 0.25) is 10.0 Å². The van der Waals surface area contributed by atoms with E-state index in [0.717, 1.165) is 18.4 Å². The average molecular weight is 558 g/mol. The molecule has 0 aliphatic carbocycles. The van der Waals surface area contributed by atoms with E-state index in [0.29, 0.717) is 30.4 Å². The van der Waals surface area contributed by atoms with Crippen LogP contribution in [0.25, 0.3) is 0 Å². The van der Waals surface area contributed by atoms with Crippen molar-refractivity contribution >= 4 is 37.3 Å². The number of piperidine rings is 1. The molecule has 9 nitrogen and oxygen atoms in total. The maximum absolute atomic E-state index is 13.2. The summed E-state index contributed by atoms with van der Waals surface area (Å²) in [4.78, 5) is 13.2. The molecule has 38 heavy (non-hydrogen) atoms. The first-order chi connectivity index (χ1) is 18.0. The van der Waals surface area contributed by atoms with Crippen LogP contribution in [0.15, 0.2) is 76.5 Å². The van der Waals surface area contributed by atoms with Crippen LogP contribution in [-0.2, 0) is 20.0 Å². The third-order valence-electron chi connectivity index (χ3n) is 6.52. The first-order valence-corrected chi connectivity index (χ1v) is 15.1. The Bertz CT molecular complexity index is 1510. The molecule has 1 fully saturated rings. The maximum atomic E-state index is 13.2. The summed E-state index contributed by atoms with van der Waals surface area (Å²) in [6.45, 7) is 4.88. The Morgan fingerprint density at radius 2 is 1.45 bits per heavy atom. The third-order valence-corrected chi connectivity index (χ3v) is 9.81. The molecular formula is C27H31N3O6S2. The second-order valence-corrected chi connectivity index (χ2v) is 13.0. The van der Waals surface area contributed by atoms with Gasteiger partial charge in [0.05, 0.1) is 22.5 Å². The van der Waals surface area contributed by atoms with Crippen molar-refractivity contribution in [2.24, 2.45) is 5.92 Å². The van der Waals surface area contributed by atoms with Crippen LogP contribution in [0.3, 0.4) is 0 Å². The highest BCUT2D eigenvalue weighted by Gasteiger charge is 2.29. The number of carbonyl (C=O) groups excluding carboxylic acids is 1. The molecule has 1 saturated heterocycles. The van der Waals surface area contributed by atoms with Crippen molar-refractivity contribution in [2.45, 2.75) is 36.5 Å². The van der Waals surface area contributed by atoms with Crippen LogP contribution in [0.1, 0.15) is 35.7 Å². The minimum absolute atomic E-state index is 0.0154. The fourth-order valence-electron chi connectivity index (χ4n) is 4.15. The number of amides is 1. The highest BCUT2D eigenvalue weighted by Crippen LogP contribution is 2.28. The van der Waals surface area contributed by atoms with Gasteiger partial charge >= 0.3 is 0 Å². The number of carbonyl (C=O) groups is 1. The number of nitrogens with zero attached hydrogens (tertiary/aromatic N) is 1. The fourth-order valence-corrected chi connectivity index (χ4v) is 6.71. The Morgan fingerprint density at radius 1 is 0.868 bits per heavy atom. The van der Waals surface area contributed by atoms with Crippen molar-refractivity contribution < 1.29 is 26.4 Å². The largest absolute Gasteiger partial charge is 0.496 e. The van der Waals surface area contributed by atoms with E-state index < -0.39 is 26.0 Å². The zero-order valence-corrected chi connectivity index (χ0v) is 23.1. The minimum Gasteiger partial charge on any atom is -0.496 e. The van der Waals surface area contributed by atoms with Crippen molar-refractivity contribution in [3.05, 3.63) is 77.9 Å². The summed E-state index contributed by atoms with van der Waals surface area (Å²) in [7, 11) is -6.19. The van der Waals surface area contributed by atoms with E-state index in [2.05, 4.69) is 17.0 Å². The second kappa shape index (κ2) is 11.1. The minimum atomic E-state index is -3.82. The van der Waals surface area contributed by atoms with E-state index in [1.54, 1.807) is 24.3 Å². The van der Waals surface area contributed by atoms with Gasteiger partial charge in [0.15, 0.2) is 0 Å². The third kappa shape index (κ3) is 6.17. The molecule has 4 rings (SSSR count). The summed E-state index contributed by atoms with van der Waals surface area (Å²) >= 11 is 0. The lowest BCUT2D eigenvalue weighted by Crippen LogP contribution is -2.37. The van der Waals surface area contributed by atoms with Gasteiger partial charge in [-0.15, -0.1) is 0 Å². The average Bonchev–Trinajstić information content (AvgIpc) is 2.90. The lowest BCUT2D eigenvalue weighted by molar-refractivity contribution is 0.102. The van der Waals surface area contributed by atoms with Crippen molar-refractivity contribution in [1.82, 2.24) is 4.31 Å². The molecule has 0 bridgehead atoms. The lowest BCUT2D eigenvalue weighted by Gasteiger charge is -2.29. The predicted octanol–water partition coefficient (Wildman–Crippen LogP) is 4.48. The molecule has 1 aliphatic rings. The van der Waals surface area contributed by atoms with E-state index in [1.165, 1.54) is 53.9 Å². The fraction of sp³-hybridized carbons (Fsp3) is 0.296. The summed E-state index contributed by atoms with van der Waals surface area (Å²) in [5.41, 5.74) is 1.84. The van der Waals surface area contributed by atoms with Crippen molar-refractivity contribution in [3.8, 4) is 5.75 Å². The molecule has 0 radical (unpaired) electrons. The highest BCUT2D eigenvalue weighted by molar-refractivity contribution is 7.92.